The number of nitrogen functional groups attached to an aromatic ring is 1. The number of benzene rings is 1. The Bertz CT molecular complexity index is 746. The van der Waals surface area contributed by atoms with Crippen molar-refractivity contribution in [3.05, 3.63) is 54.2 Å². The molecule has 0 saturated heterocycles. The highest BCUT2D eigenvalue weighted by Crippen LogP contribution is 2.23. The molecule has 108 valence electrons. The maximum absolute atomic E-state index is 5.60. The lowest BCUT2D eigenvalue weighted by Crippen LogP contribution is -2.27. The number of rotatable bonds is 4. The number of fused-ring (bicyclic) bond motifs is 1. The van der Waals surface area contributed by atoms with Gasteiger partial charge < -0.3 is 11.1 Å². The monoisotopic (exact) mass is 281 g/mol. The van der Waals surface area contributed by atoms with Crippen molar-refractivity contribution in [2.75, 3.05) is 17.6 Å². The highest BCUT2D eigenvalue weighted by Gasteiger charge is 2.19. The summed E-state index contributed by atoms with van der Waals surface area (Å²) in [7, 11) is 0. The Hall–Kier alpha value is -2.56. The average molecular weight is 281 g/mol. The molecular formula is C16H19N5. The zero-order valence-electron chi connectivity index (χ0n) is 12.2. The first-order valence-corrected chi connectivity index (χ1v) is 6.96. The third-order valence-corrected chi connectivity index (χ3v) is 3.64. The second-order valence-corrected chi connectivity index (χ2v) is 5.79. The molecule has 0 aliphatic rings. The Morgan fingerprint density at radius 2 is 1.90 bits per heavy atom. The number of hydrogen-bond acceptors (Lipinski definition) is 4. The molecule has 0 bridgehead atoms. The summed E-state index contributed by atoms with van der Waals surface area (Å²) in [5.74, 6) is 0.289. The molecule has 5 nitrogen and oxygen atoms in total. The number of nitrogens with zero attached hydrogens (tertiary/aromatic N) is 3. The Morgan fingerprint density at radius 1 is 1.14 bits per heavy atom. The van der Waals surface area contributed by atoms with Gasteiger partial charge in [-0.15, -0.1) is 5.10 Å². The molecule has 5 heteroatoms. The Labute approximate surface area is 123 Å². The first-order valence-electron chi connectivity index (χ1n) is 6.96. The first kappa shape index (κ1) is 13.4. The minimum absolute atomic E-state index is 0.0393. The minimum Gasteiger partial charge on any atom is -0.383 e. The van der Waals surface area contributed by atoms with E-state index < -0.39 is 0 Å². The summed E-state index contributed by atoms with van der Waals surface area (Å²) in [6.45, 7) is 5.27. The Kier molecular flexibility index (Phi) is 3.25. The van der Waals surface area contributed by atoms with Crippen LogP contribution in [-0.4, -0.2) is 21.1 Å². The standard InChI is InChI=1S/C16H19N5/c1-16(2,12-6-4-3-5-7-12)11-18-13-8-9-14-19-15(17)20-21(14)10-13/h3-10,18H,11H2,1-2H3,(H2,17,20). The SMILES string of the molecule is CC(C)(CNc1ccc2nc(N)nn2c1)c1ccccc1. The molecule has 0 aliphatic carbocycles. The van der Waals surface area contributed by atoms with Crippen molar-refractivity contribution in [1.29, 1.82) is 0 Å². The number of nitrogens with two attached hydrogens (primary N) is 1. The lowest BCUT2D eigenvalue weighted by molar-refractivity contribution is 0.557. The van der Waals surface area contributed by atoms with Crippen LogP contribution in [0.25, 0.3) is 5.65 Å². The van der Waals surface area contributed by atoms with Gasteiger partial charge in [0.2, 0.25) is 5.95 Å². The van der Waals surface area contributed by atoms with Crippen molar-refractivity contribution in [1.82, 2.24) is 14.6 Å². The van der Waals surface area contributed by atoms with Gasteiger partial charge in [-0.05, 0) is 17.7 Å². The van der Waals surface area contributed by atoms with Gasteiger partial charge in [-0.2, -0.15) is 4.98 Å². The predicted octanol–water partition coefficient (Wildman–Crippen LogP) is 2.70. The molecule has 0 aliphatic heterocycles. The topological polar surface area (TPSA) is 68.2 Å². The molecule has 1 aromatic carbocycles. The van der Waals surface area contributed by atoms with Crippen molar-refractivity contribution >= 4 is 17.3 Å². The van der Waals surface area contributed by atoms with Gasteiger partial charge >= 0.3 is 0 Å². The molecule has 2 aromatic heterocycles. The van der Waals surface area contributed by atoms with Crippen LogP contribution in [-0.2, 0) is 5.41 Å². The third kappa shape index (κ3) is 2.81. The third-order valence-electron chi connectivity index (χ3n) is 3.64. The van der Waals surface area contributed by atoms with Crippen LogP contribution in [0, 0.1) is 0 Å². The molecule has 3 N–H and O–H groups in total. The molecule has 0 radical (unpaired) electrons. The number of aromatic nitrogens is 3. The van der Waals surface area contributed by atoms with Crippen LogP contribution in [0.1, 0.15) is 19.4 Å². The lowest BCUT2D eigenvalue weighted by atomic mass is 9.84. The van der Waals surface area contributed by atoms with Crippen molar-refractivity contribution in [3.63, 3.8) is 0 Å². The largest absolute Gasteiger partial charge is 0.383 e. The van der Waals surface area contributed by atoms with E-state index in [2.05, 4.69) is 53.5 Å². The quantitative estimate of drug-likeness (QED) is 0.771. The van der Waals surface area contributed by atoms with Crippen LogP contribution in [0.15, 0.2) is 48.7 Å². The van der Waals surface area contributed by atoms with Gasteiger partial charge in [-0.3, -0.25) is 0 Å². The zero-order valence-corrected chi connectivity index (χ0v) is 12.2. The van der Waals surface area contributed by atoms with E-state index in [0.717, 1.165) is 17.9 Å². The molecule has 21 heavy (non-hydrogen) atoms. The molecule has 0 atom stereocenters. The summed E-state index contributed by atoms with van der Waals surface area (Å²) < 4.78 is 1.69. The lowest BCUT2D eigenvalue weighted by Gasteiger charge is -2.26. The van der Waals surface area contributed by atoms with Crippen molar-refractivity contribution in [2.45, 2.75) is 19.3 Å². The van der Waals surface area contributed by atoms with Crippen molar-refractivity contribution in [3.8, 4) is 0 Å². The zero-order chi connectivity index (χ0) is 14.9. The number of hydrogen-bond donors (Lipinski definition) is 2. The molecule has 2 heterocycles. The van der Waals surface area contributed by atoms with Gasteiger partial charge in [0.05, 0.1) is 11.9 Å². The van der Waals surface area contributed by atoms with E-state index in [4.69, 9.17) is 5.73 Å². The second kappa shape index (κ2) is 5.09. The van der Waals surface area contributed by atoms with Crippen LogP contribution < -0.4 is 11.1 Å². The van der Waals surface area contributed by atoms with Crippen molar-refractivity contribution < 1.29 is 0 Å². The van der Waals surface area contributed by atoms with Gasteiger partial charge in [0.15, 0.2) is 5.65 Å². The molecule has 0 fully saturated rings. The summed E-state index contributed by atoms with van der Waals surface area (Å²) in [5, 5.41) is 7.58. The fraction of sp³-hybridized carbons (Fsp3) is 0.250. The number of pyridine rings is 1. The van der Waals surface area contributed by atoms with Crippen LogP contribution in [0.4, 0.5) is 11.6 Å². The van der Waals surface area contributed by atoms with Crippen LogP contribution >= 0.6 is 0 Å². The molecule has 0 amide bonds. The summed E-state index contributed by atoms with van der Waals surface area (Å²) in [4.78, 5) is 4.11. The summed E-state index contributed by atoms with van der Waals surface area (Å²) in [5.41, 5.74) is 8.69. The fourth-order valence-electron chi connectivity index (χ4n) is 2.32. The maximum atomic E-state index is 5.60. The van der Waals surface area contributed by atoms with Crippen LogP contribution in [0.2, 0.25) is 0 Å². The summed E-state index contributed by atoms with van der Waals surface area (Å²) in [6.07, 6.45) is 1.90. The van der Waals surface area contributed by atoms with Gasteiger partial charge in [-0.1, -0.05) is 44.2 Å². The van der Waals surface area contributed by atoms with E-state index in [1.165, 1.54) is 5.56 Å². The van der Waals surface area contributed by atoms with E-state index in [1.807, 2.05) is 24.4 Å². The highest BCUT2D eigenvalue weighted by molar-refractivity contribution is 5.51. The fourth-order valence-corrected chi connectivity index (χ4v) is 2.32. The Balaban J connectivity index is 1.76. The molecule has 0 spiro atoms. The van der Waals surface area contributed by atoms with Crippen molar-refractivity contribution in [2.24, 2.45) is 0 Å². The van der Waals surface area contributed by atoms with E-state index in [9.17, 15) is 0 Å². The summed E-state index contributed by atoms with van der Waals surface area (Å²) >= 11 is 0. The minimum atomic E-state index is 0.0393. The molecular weight excluding hydrogens is 262 g/mol. The molecule has 0 saturated carbocycles. The predicted molar refractivity (Wildman–Crippen MR) is 85.4 cm³/mol. The van der Waals surface area contributed by atoms with Gasteiger partial charge in [0, 0.05) is 12.0 Å². The maximum Gasteiger partial charge on any atom is 0.240 e. The first-order chi connectivity index (χ1) is 10.0. The van der Waals surface area contributed by atoms with E-state index in [-0.39, 0.29) is 11.4 Å². The smallest absolute Gasteiger partial charge is 0.240 e. The normalized spacial score (nSPS) is 11.7. The van der Waals surface area contributed by atoms with E-state index in [1.54, 1.807) is 4.52 Å². The van der Waals surface area contributed by atoms with Crippen LogP contribution in [0.3, 0.4) is 0 Å². The van der Waals surface area contributed by atoms with E-state index >= 15 is 0 Å². The molecule has 0 unspecified atom stereocenters. The van der Waals surface area contributed by atoms with Gasteiger partial charge in [0.1, 0.15) is 0 Å². The number of anilines is 2. The molecule has 3 aromatic rings. The average Bonchev–Trinajstić information content (AvgIpc) is 2.85. The van der Waals surface area contributed by atoms with Gasteiger partial charge in [-0.25, -0.2) is 4.52 Å². The Morgan fingerprint density at radius 3 is 2.67 bits per heavy atom. The highest BCUT2D eigenvalue weighted by atomic mass is 15.3. The van der Waals surface area contributed by atoms with Gasteiger partial charge in [0.25, 0.3) is 0 Å². The summed E-state index contributed by atoms with van der Waals surface area (Å²) in [6, 6.07) is 14.4. The number of nitrogens with one attached hydrogen (secondary N) is 1. The van der Waals surface area contributed by atoms with Crippen LogP contribution in [0.5, 0.6) is 0 Å². The van der Waals surface area contributed by atoms with E-state index in [0.29, 0.717) is 0 Å². The second-order valence-electron chi connectivity index (χ2n) is 5.79. The molecule has 3 rings (SSSR count).